The van der Waals surface area contributed by atoms with Crippen LogP contribution < -0.4 is 4.74 Å². The first-order valence-corrected chi connectivity index (χ1v) is 54.9. The Morgan fingerprint density at radius 3 is 0.993 bits per heavy atom. The molecule has 6 aromatic heterocycles. The van der Waals surface area contributed by atoms with E-state index in [1.54, 1.807) is 30.9 Å². The van der Waals surface area contributed by atoms with Gasteiger partial charge in [-0.25, -0.2) is 34.3 Å². The molecule has 0 amide bonds. The van der Waals surface area contributed by atoms with E-state index in [-0.39, 0.29) is 72.6 Å². The van der Waals surface area contributed by atoms with Crippen LogP contribution in [0.25, 0.3) is 0 Å². The number of Topliss-reactive ketones (excluding diaryl/α,β-unsaturated/α-hetero) is 6. The summed E-state index contributed by atoms with van der Waals surface area (Å²) in [5, 5.41) is 0. The Kier molecular flexibility index (Phi) is 27.2. The second-order valence-electron chi connectivity index (χ2n) is 48.5. The van der Waals surface area contributed by atoms with Gasteiger partial charge >= 0.3 is 0 Å². The van der Waals surface area contributed by atoms with Crippen molar-refractivity contribution in [3.63, 3.8) is 0 Å². The monoisotopic (exact) mass is 2020 g/mol. The van der Waals surface area contributed by atoms with Gasteiger partial charge in [-0.3, -0.25) is 28.8 Å². The van der Waals surface area contributed by atoms with Crippen LogP contribution in [0.1, 0.15) is 352 Å². The van der Waals surface area contributed by atoms with E-state index >= 15 is 0 Å². The van der Waals surface area contributed by atoms with Gasteiger partial charge in [-0.15, -0.1) is 11.3 Å². The minimum absolute atomic E-state index is 0.00891. The van der Waals surface area contributed by atoms with Gasteiger partial charge in [0, 0.05) is 115 Å². The summed E-state index contributed by atoms with van der Waals surface area (Å²) < 4.78 is 48.7. The molecular weight excluding hydrogens is 1880 g/mol. The Hall–Kier alpha value is -12.8. The molecule has 772 valence electrons. The maximum absolute atomic E-state index is 14.0. The van der Waals surface area contributed by atoms with Crippen LogP contribution in [-0.2, 0) is 99.8 Å². The molecule has 0 radical (unpaired) electrons. The van der Waals surface area contributed by atoms with Crippen molar-refractivity contribution in [1.29, 1.82) is 0 Å². The van der Waals surface area contributed by atoms with Crippen LogP contribution >= 0.6 is 11.3 Å². The lowest BCUT2D eigenvalue weighted by Crippen LogP contribution is -2.42. The third-order valence-electron chi connectivity index (χ3n) is 35.3. The summed E-state index contributed by atoms with van der Waals surface area (Å²) in [4.78, 5) is 108. The number of nitrogens with zero attached hydrogens (tertiary/aromatic N) is 6. The molecule has 149 heavy (non-hydrogen) atoms. The number of halogens is 1. The number of rotatable bonds is 12. The lowest BCUT2D eigenvalue weighted by Gasteiger charge is -2.45. The number of allylic oxidation sites excluding steroid dienone is 12. The zero-order valence-electron chi connectivity index (χ0n) is 90.0. The molecule has 1 spiro atoms. The number of carbonyl (C=O) groups is 6. The maximum Gasteiger partial charge on any atom is 0.181 e. The van der Waals surface area contributed by atoms with Crippen LogP contribution in [0.5, 0.6) is 5.75 Å². The minimum Gasteiger partial charge on any atom is -0.497 e. The molecule has 20 heteroatoms. The molecule has 0 saturated heterocycles. The lowest BCUT2D eigenvalue weighted by atomic mass is 9.58. The highest BCUT2D eigenvalue weighted by Crippen LogP contribution is 2.64. The number of fused-ring (bicyclic) bond motifs is 6. The predicted molar refractivity (Wildman–Crippen MR) is 576 cm³/mol. The summed E-state index contributed by atoms with van der Waals surface area (Å²) in [5.41, 5.74) is 26.0. The first-order chi connectivity index (χ1) is 71.2. The van der Waals surface area contributed by atoms with E-state index in [2.05, 4.69) is 221 Å². The van der Waals surface area contributed by atoms with Crippen molar-refractivity contribution in [2.24, 2.45) is 32.5 Å². The summed E-state index contributed by atoms with van der Waals surface area (Å²) >= 11 is 1.74. The molecule has 1 saturated carbocycles. The summed E-state index contributed by atoms with van der Waals surface area (Å²) in [6.07, 6.45) is 30.3. The standard InChI is InChI=1S/C23H25NOS.C22H25NO3.C22H25NO2.C21H22FNO2.C21H23NO2.C20H21NO2/c1-2-23(17-8-4-3-5-9-17)20-16(12-18-21(23)26-15-24-18)13-22(14-19(20)25)10-6-7-11-22;1-5-22(15-7-6-8-16(10-15)25-4)19-14(9-17-20(22)26-13-23-17)11-21(2,3)12-18(19)24;1-5-22(16-8-6-7-14(2)9-16)19-15(10-17-20(22)25-13-23-17)11-21(3,4)12-18(19)24;1-4-21(14-6-5-7-15(22)9-14)18-13(8-16-19(21)25-12-23-16)10-20(2,3)11-17(18)24;1-4-21(15-8-6-5-7-9-15)18-14(10-16-19(21)24-13-22-16)11-20(2,3)12-17(18)23;1-19(2)10-13-9-15-18(23-12-21-15)20(3,17(13)16(22)11-19)14-7-5-4-6-8-14/h3-5,8-9,15H,2,6-7,10-14H2,1H3;6-8,10,13H,5,9,11-12H2,1-4H3;6-9,13H,5,10-12H2,1-4H3;5-7,9,12H,4,8,10-11H2,1-3H3;5-9,13H,4,10-12H2,1-3H3;4-8,12H,9-11H2,1-3H3. The molecule has 0 N–H and O–H groups in total. The molecule has 6 aromatic carbocycles. The summed E-state index contributed by atoms with van der Waals surface area (Å²) in [6.45, 7) is 36.6. The van der Waals surface area contributed by atoms with Crippen molar-refractivity contribution in [2.75, 3.05) is 7.11 Å². The number of oxazole rings is 5. The number of hydrogen-bond donors (Lipinski definition) is 0. The number of aromatic nitrogens is 6. The number of methoxy groups -OCH3 is 1. The van der Waals surface area contributed by atoms with Gasteiger partial charge in [0.05, 0.1) is 79.3 Å². The first-order valence-electron chi connectivity index (χ1n) is 54.0. The molecule has 6 heterocycles. The number of hydrogen-bond acceptors (Lipinski definition) is 19. The third-order valence-corrected chi connectivity index (χ3v) is 36.4. The van der Waals surface area contributed by atoms with Crippen LogP contribution in [-0.4, -0.2) is 71.7 Å². The van der Waals surface area contributed by atoms with Gasteiger partial charge in [0.2, 0.25) is 0 Å². The molecule has 1 fully saturated rings. The highest BCUT2D eigenvalue weighted by atomic mass is 32.1. The van der Waals surface area contributed by atoms with Crippen molar-refractivity contribution < 1.29 is 60.0 Å². The largest absolute Gasteiger partial charge is 0.497 e. The van der Waals surface area contributed by atoms with Gasteiger partial charge in [-0.2, -0.15) is 0 Å². The number of carbonyl (C=O) groups excluding carboxylic acids is 6. The zero-order valence-corrected chi connectivity index (χ0v) is 90.8. The Morgan fingerprint density at radius 2 is 0.611 bits per heavy atom. The van der Waals surface area contributed by atoms with E-state index in [0.717, 1.165) is 220 Å². The van der Waals surface area contributed by atoms with Gasteiger partial charge in [0.1, 0.15) is 40.4 Å². The van der Waals surface area contributed by atoms with Gasteiger partial charge in [-0.05, 0) is 187 Å². The number of ether oxygens (including phenoxy) is 1. The summed E-state index contributed by atoms with van der Waals surface area (Å²) in [5.74, 6) is 6.17. The quantitative estimate of drug-likeness (QED) is 0.110. The predicted octanol–water partition coefficient (Wildman–Crippen LogP) is 28.7. The zero-order chi connectivity index (χ0) is 105. The topological polar surface area (TPSA) is 255 Å². The van der Waals surface area contributed by atoms with E-state index < -0.39 is 27.1 Å². The Morgan fingerprint density at radius 1 is 0.309 bits per heavy atom. The lowest BCUT2D eigenvalue weighted by molar-refractivity contribution is -0.120. The average Bonchev–Trinajstić information content (AvgIpc) is 1.58. The van der Waals surface area contributed by atoms with Crippen LogP contribution in [0.2, 0.25) is 0 Å². The Bertz CT molecular complexity index is 7340. The maximum atomic E-state index is 14.0. The molecule has 0 bridgehead atoms. The third kappa shape index (κ3) is 17.8. The summed E-state index contributed by atoms with van der Waals surface area (Å²) in [6, 6.07) is 54.2. The van der Waals surface area contributed by atoms with Crippen molar-refractivity contribution >= 4 is 46.0 Å². The number of thiazole rings is 1. The fourth-order valence-electron chi connectivity index (χ4n) is 29.7. The Balaban J connectivity index is 0.000000108. The Labute approximate surface area is 879 Å². The fourth-order valence-corrected chi connectivity index (χ4v) is 30.8. The van der Waals surface area contributed by atoms with Crippen molar-refractivity contribution in [3.05, 3.63) is 381 Å². The normalized spacial score (nSPS) is 25.4. The van der Waals surface area contributed by atoms with E-state index in [1.807, 2.05) is 73.1 Å². The van der Waals surface area contributed by atoms with Gasteiger partial charge in [0.25, 0.3) is 0 Å². The SMILES string of the molecule is CC1(C)CC(=O)C2=C(Cc3ncoc3C2(C)c2ccccc2)C1.CCC1(c2cccc(C)c2)C2=C(Cc3ncoc31)CC(C)(C)CC2=O.CCC1(c2cccc(F)c2)C2=C(Cc3ncoc31)CC(C)(C)CC2=O.CCC1(c2cccc(OC)c2)C2=C(Cc3ncoc31)CC(C)(C)CC2=O.CCC1(c2ccccc2)C2=C(Cc3ncoc31)CC(C)(C)CC2=O.CCC1(c2ccccc2)C2=C(Cc3ncsc31)CC1(CCCC1)CC2=O. The molecule has 0 aliphatic heterocycles. The highest BCUT2D eigenvalue weighted by molar-refractivity contribution is 7.10. The number of ketones is 6. The molecule has 6 unspecified atom stereocenters. The summed E-state index contributed by atoms with van der Waals surface area (Å²) in [7, 11) is 1.66. The second-order valence-corrected chi connectivity index (χ2v) is 49.4. The molecule has 12 aromatic rings. The van der Waals surface area contributed by atoms with Crippen LogP contribution in [0, 0.1) is 45.2 Å². The smallest absolute Gasteiger partial charge is 0.181 e. The minimum atomic E-state index is -0.741. The van der Waals surface area contributed by atoms with Gasteiger partial charge in [-0.1, -0.05) is 295 Å². The van der Waals surface area contributed by atoms with Gasteiger partial charge in [0.15, 0.2) is 66.7 Å². The van der Waals surface area contributed by atoms with Crippen LogP contribution in [0.3, 0.4) is 0 Å². The van der Waals surface area contributed by atoms with Crippen LogP contribution in [0.4, 0.5) is 4.39 Å². The average molecular weight is 2020 g/mol. The molecular formula is C129H141FN6O12S. The van der Waals surface area contributed by atoms with E-state index in [4.69, 9.17) is 31.8 Å². The first kappa shape index (κ1) is 103. The van der Waals surface area contributed by atoms with Crippen molar-refractivity contribution in [2.45, 2.75) is 324 Å². The molecule has 13 aliphatic rings. The van der Waals surface area contributed by atoms with Gasteiger partial charge < -0.3 is 26.8 Å². The molecule has 13 aliphatic carbocycles. The fraction of sp³-hybridized carbons (Fsp3) is 0.442. The van der Waals surface area contributed by atoms with E-state index in [9.17, 15) is 33.2 Å². The molecule has 6 atom stereocenters. The van der Waals surface area contributed by atoms with E-state index in [0.29, 0.717) is 62.9 Å². The highest BCUT2D eigenvalue weighted by Gasteiger charge is 2.60. The van der Waals surface area contributed by atoms with Crippen LogP contribution in [0.15, 0.2) is 290 Å². The molecule has 18 nitrogen and oxygen atoms in total. The number of aryl methyl sites for hydroxylation is 1. The van der Waals surface area contributed by atoms with E-state index in [1.165, 1.54) is 113 Å². The second kappa shape index (κ2) is 39.2. The van der Waals surface area contributed by atoms with Crippen molar-refractivity contribution in [1.82, 2.24) is 29.9 Å². The molecule has 25 rings (SSSR count). The number of benzene rings is 6. The van der Waals surface area contributed by atoms with Crippen molar-refractivity contribution in [3.8, 4) is 5.75 Å².